The number of hydrogen-bond acceptors (Lipinski definition) is 6. The monoisotopic (exact) mass is 368 g/mol. The molecular formula is C21H24N2O4. The largest absolute Gasteiger partial charge is 0.493 e. The van der Waals surface area contributed by atoms with E-state index in [1.165, 1.54) is 0 Å². The molecule has 3 rings (SSSR count). The first-order chi connectivity index (χ1) is 13.1. The number of carbonyl (C=O) groups is 1. The zero-order chi connectivity index (χ0) is 19.4. The number of hydrogen-bond donors (Lipinski definition) is 1. The fraction of sp³-hybridized carbons (Fsp3) is 0.476. The zero-order valence-electron chi connectivity index (χ0n) is 15.7. The lowest BCUT2D eigenvalue weighted by Crippen LogP contribution is -2.34. The van der Waals surface area contributed by atoms with E-state index >= 15 is 0 Å². The van der Waals surface area contributed by atoms with Crippen LogP contribution >= 0.6 is 0 Å². The average molecular weight is 368 g/mol. The van der Waals surface area contributed by atoms with Gasteiger partial charge in [0, 0.05) is 24.3 Å². The predicted octanol–water partition coefficient (Wildman–Crippen LogP) is 4.11. The van der Waals surface area contributed by atoms with Gasteiger partial charge in [-0.3, -0.25) is 10.2 Å². The lowest BCUT2D eigenvalue weighted by molar-refractivity contribution is -0.116. The van der Waals surface area contributed by atoms with E-state index in [2.05, 4.69) is 13.0 Å². The Hall–Kier alpha value is -2.81. The maximum atomic E-state index is 12.6. The Morgan fingerprint density at radius 1 is 1.33 bits per heavy atom. The minimum atomic E-state index is -0.831. The van der Waals surface area contributed by atoms with Crippen LogP contribution in [0.3, 0.4) is 0 Å². The fourth-order valence-electron chi connectivity index (χ4n) is 3.62. The molecule has 2 aliphatic rings. The summed E-state index contributed by atoms with van der Waals surface area (Å²) >= 11 is 0. The van der Waals surface area contributed by atoms with Gasteiger partial charge in [-0.2, -0.15) is 5.26 Å². The maximum absolute atomic E-state index is 12.6. The third-order valence-electron chi connectivity index (χ3n) is 5.01. The molecule has 0 bridgehead atoms. The quantitative estimate of drug-likeness (QED) is 0.763. The summed E-state index contributed by atoms with van der Waals surface area (Å²) in [5, 5.41) is 17.8. The Balaban J connectivity index is 2.02. The van der Waals surface area contributed by atoms with Gasteiger partial charge in [-0.25, -0.2) is 0 Å². The average Bonchev–Trinajstić information content (AvgIpc) is 2.67. The molecular weight excluding hydrogens is 344 g/mol. The van der Waals surface area contributed by atoms with Gasteiger partial charge in [0.25, 0.3) is 0 Å². The second-order valence-corrected chi connectivity index (χ2v) is 6.78. The molecule has 0 saturated carbocycles. The van der Waals surface area contributed by atoms with Gasteiger partial charge < -0.3 is 14.2 Å². The Kier molecular flexibility index (Phi) is 5.80. The molecule has 27 heavy (non-hydrogen) atoms. The number of benzene rings is 1. The van der Waals surface area contributed by atoms with Crippen LogP contribution in [0.15, 0.2) is 29.5 Å². The highest BCUT2D eigenvalue weighted by Crippen LogP contribution is 2.45. The van der Waals surface area contributed by atoms with Crippen molar-refractivity contribution in [3.63, 3.8) is 0 Å². The molecule has 0 fully saturated rings. The zero-order valence-corrected chi connectivity index (χ0v) is 15.7. The molecule has 1 aromatic rings. The molecule has 2 unspecified atom stereocenters. The van der Waals surface area contributed by atoms with Gasteiger partial charge in [0.05, 0.1) is 19.8 Å². The molecule has 0 spiro atoms. The van der Waals surface area contributed by atoms with Crippen molar-refractivity contribution in [1.29, 1.82) is 10.7 Å². The van der Waals surface area contributed by atoms with Gasteiger partial charge in [-0.1, -0.05) is 19.4 Å². The Bertz CT molecular complexity index is 822. The second kappa shape index (κ2) is 8.26. The van der Waals surface area contributed by atoms with E-state index in [4.69, 9.17) is 19.6 Å². The second-order valence-electron chi connectivity index (χ2n) is 6.78. The van der Waals surface area contributed by atoms with Crippen LogP contribution < -0.4 is 9.47 Å². The summed E-state index contributed by atoms with van der Waals surface area (Å²) in [5.74, 6) is 0.280. The molecule has 0 saturated heterocycles. The normalized spacial score (nSPS) is 22.0. The van der Waals surface area contributed by atoms with Gasteiger partial charge in [-0.15, -0.1) is 0 Å². The number of carbonyl (C=O) groups excluding carboxylic acids is 1. The third-order valence-corrected chi connectivity index (χ3v) is 5.01. The molecule has 0 radical (unpaired) electrons. The summed E-state index contributed by atoms with van der Waals surface area (Å²) in [6.07, 6.45) is 3.76. The minimum Gasteiger partial charge on any atom is -0.493 e. The smallest absolute Gasteiger partial charge is 0.205 e. The molecule has 142 valence electrons. The van der Waals surface area contributed by atoms with Crippen LogP contribution in [0.4, 0.5) is 0 Å². The first-order valence-electron chi connectivity index (χ1n) is 9.33. The van der Waals surface area contributed by atoms with Crippen LogP contribution in [0.5, 0.6) is 11.5 Å². The van der Waals surface area contributed by atoms with E-state index < -0.39 is 11.8 Å². The lowest BCUT2D eigenvalue weighted by Gasteiger charge is -2.34. The Morgan fingerprint density at radius 2 is 2.15 bits per heavy atom. The summed E-state index contributed by atoms with van der Waals surface area (Å²) in [4.78, 5) is 12.6. The van der Waals surface area contributed by atoms with Crippen molar-refractivity contribution in [3.05, 3.63) is 35.1 Å². The van der Waals surface area contributed by atoms with E-state index in [1.54, 1.807) is 13.2 Å². The van der Waals surface area contributed by atoms with Crippen LogP contribution in [0.25, 0.3) is 0 Å². The highest BCUT2D eigenvalue weighted by atomic mass is 16.5. The Labute approximate surface area is 159 Å². The Morgan fingerprint density at radius 3 is 2.85 bits per heavy atom. The third kappa shape index (κ3) is 3.68. The number of ketones is 1. The van der Waals surface area contributed by atoms with Crippen LogP contribution in [0, 0.1) is 22.7 Å². The van der Waals surface area contributed by atoms with Crippen molar-refractivity contribution in [1.82, 2.24) is 0 Å². The molecule has 1 aliphatic carbocycles. The minimum absolute atomic E-state index is 0.00348. The molecule has 6 nitrogen and oxygen atoms in total. The number of allylic oxidation sites excluding steroid dienone is 2. The van der Waals surface area contributed by atoms with Crippen LogP contribution in [0.1, 0.15) is 50.5 Å². The first-order valence-corrected chi connectivity index (χ1v) is 9.33. The molecule has 2 atom stereocenters. The number of nitrogens with zero attached hydrogens (tertiary/aromatic N) is 1. The standard InChI is InChI=1S/C21H24N2O4/c1-3-4-10-26-16-9-8-13(11-18(16)25-2)19-14(12-22)21(23)27-17-7-5-6-15(24)20(17)19/h8-9,11,14,19,23H,3-7,10H2,1-2H3. The summed E-state index contributed by atoms with van der Waals surface area (Å²) in [5.41, 5.74) is 1.29. The van der Waals surface area contributed by atoms with Crippen molar-refractivity contribution in [2.45, 2.75) is 44.9 Å². The van der Waals surface area contributed by atoms with Gasteiger partial charge >= 0.3 is 0 Å². The highest BCUT2D eigenvalue weighted by molar-refractivity contribution is 6.01. The van der Waals surface area contributed by atoms with Crippen LogP contribution in [0.2, 0.25) is 0 Å². The predicted molar refractivity (Wildman–Crippen MR) is 99.9 cm³/mol. The van der Waals surface area contributed by atoms with Crippen LogP contribution in [-0.4, -0.2) is 25.4 Å². The number of ether oxygens (including phenoxy) is 3. The van der Waals surface area contributed by atoms with Crippen molar-refractivity contribution >= 4 is 11.7 Å². The molecule has 6 heteroatoms. The summed E-state index contributed by atoms with van der Waals surface area (Å²) in [6, 6.07) is 7.61. The molecule has 1 heterocycles. The van der Waals surface area contributed by atoms with Crippen molar-refractivity contribution in [3.8, 4) is 17.6 Å². The van der Waals surface area contributed by atoms with E-state index in [0.29, 0.717) is 48.7 Å². The first kappa shape index (κ1) is 19.0. The van der Waals surface area contributed by atoms with E-state index in [0.717, 1.165) is 18.4 Å². The molecule has 1 N–H and O–H groups in total. The molecule has 1 aliphatic heterocycles. The van der Waals surface area contributed by atoms with E-state index in [1.807, 2.05) is 12.1 Å². The summed E-state index contributed by atoms with van der Waals surface area (Å²) < 4.78 is 16.8. The van der Waals surface area contributed by atoms with Gasteiger partial charge in [0.15, 0.2) is 17.3 Å². The van der Waals surface area contributed by atoms with E-state index in [9.17, 15) is 10.1 Å². The highest BCUT2D eigenvalue weighted by Gasteiger charge is 2.42. The summed E-state index contributed by atoms with van der Waals surface area (Å²) in [7, 11) is 1.57. The van der Waals surface area contributed by atoms with E-state index in [-0.39, 0.29) is 11.7 Å². The molecule has 0 amide bonds. The van der Waals surface area contributed by atoms with Crippen LogP contribution in [-0.2, 0) is 9.53 Å². The van der Waals surface area contributed by atoms with Gasteiger partial charge in [-0.05, 0) is 30.5 Å². The van der Waals surface area contributed by atoms with Crippen molar-refractivity contribution in [2.24, 2.45) is 5.92 Å². The number of methoxy groups -OCH3 is 1. The number of unbranched alkanes of at least 4 members (excludes halogenated alkanes) is 1. The SMILES string of the molecule is CCCCOc1ccc(C2C3=C(CCCC3=O)OC(=N)C2C#N)cc1OC. The topological polar surface area (TPSA) is 92.4 Å². The number of Topliss-reactive ketones (excluding diaryl/α,β-unsaturated/α-hetero) is 1. The molecule has 0 aromatic heterocycles. The number of nitriles is 1. The molecule has 1 aromatic carbocycles. The maximum Gasteiger partial charge on any atom is 0.205 e. The summed E-state index contributed by atoms with van der Waals surface area (Å²) in [6.45, 7) is 2.70. The van der Waals surface area contributed by atoms with Crippen molar-refractivity contribution < 1.29 is 19.0 Å². The van der Waals surface area contributed by atoms with Gasteiger partial charge in [0.1, 0.15) is 11.7 Å². The van der Waals surface area contributed by atoms with Gasteiger partial charge in [0.2, 0.25) is 5.90 Å². The van der Waals surface area contributed by atoms with Crippen molar-refractivity contribution in [2.75, 3.05) is 13.7 Å². The fourth-order valence-corrected chi connectivity index (χ4v) is 3.62. The lowest BCUT2D eigenvalue weighted by atomic mass is 9.74. The number of rotatable bonds is 6. The number of nitrogens with one attached hydrogen (secondary N) is 1.